The molecule has 170 valence electrons. The first-order valence-electron chi connectivity index (χ1n) is 11.3. The topological polar surface area (TPSA) is 41.9 Å². The third-order valence-corrected chi connectivity index (χ3v) is 7.23. The minimum absolute atomic E-state index is 0.0882. The summed E-state index contributed by atoms with van der Waals surface area (Å²) in [7, 11) is 3.45. The van der Waals surface area contributed by atoms with Crippen molar-refractivity contribution in [2.75, 3.05) is 33.9 Å². The second-order valence-corrected chi connectivity index (χ2v) is 9.14. The van der Waals surface area contributed by atoms with Crippen molar-refractivity contribution in [1.82, 2.24) is 4.90 Å². The second kappa shape index (κ2) is 10.2. The number of rotatable bonds is 8. The molecule has 0 bridgehead atoms. The summed E-state index contributed by atoms with van der Waals surface area (Å²) in [6.07, 6.45) is 3.16. The molecule has 1 atom stereocenters. The number of likely N-dealkylation sites (tertiary alicyclic amines) is 1. The van der Waals surface area contributed by atoms with Gasteiger partial charge in [0.05, 0.1) is 23.8 Å². The minimum Gasteiger partial charge on any atom is -0.495 e. The molecular weight excluding hydrogens is 422 g/mol. The zero-order chi connectivity index (χ0) is 22.6. The highest BCUT2D eigenvalue weighted by Gasteiger charge is 2.34. The van der Waals surface area contributed by atoms with Crippen LogP contribution in [0.3, 0.4) is 0 Å². The number of halogens is 1. The first-order valence-corrected chi connectivity index (χ1v) is 11.7. The number of piperidine rings is 1. The Kier molecular flexibility index (Phi) is 7.37. The molecule has 1 aliphatic heterocycles. The fourth-order valence-electron chi connectivity index (χ4n) is 4.73. The average Bonchev–Trinajstić information content (AvgIpc) is 2.84. The summed E-state index contributed by atoms with van der Waals surface area (Å²) in [4.78, 5) is 2.44. The summed E-state index contributed by atoms with van der Waals surface area (Å²) < 4.78 is 11.3. The normalized spacial score (nSPS) is 17.4. The average molecular weight is 454 g/mol. The molecule has 5 heteroatoms. The number of aliphatic hydroxyl groups is 1. The molecule has 0 unspecified atom stereocenters. The van der Waals surface area contributed by atoms with Gasteiger partial charge in [-0.1, -0.05) is 60.1 Å². The lowest BCUT2D eigenvalue weighted by Crippen LogP contribution is -2.47. The van der Waals surface area contributed by atoms with Gasteiger partial charge in [0.25, 0.3) is 0 Å². The molecule has 1 heterocycles. The molecular formula is C27H32ClNO3. The van der Waals surface area contributed by atoms with Crippen molar-refractivity contribution < 1.29 is 14.6 Å². The van der Waals surface area contributed by atoms with Crippen molar-refractivity contribution in [3.63, 3.8) is 0 Å². The van der Waals surface area contributed by atoms with Gasteiger partial charge in [0.1, 0.15) is 5.75 Å². The van der Waals surface area contributed by atoms with Gasteiger partial charge >= 0.3 is 0 Å². The van der Waals surface area contributed by atoms with Crippen LogP contribution < -0.4 is 4.74 Å². The molecule has 4 nitrogen and oxygen atoms in total. The molecule has 0 amide bonds. The van der Waals surface area contributed by atoms with Crippen molar-refractivity contribution in [2.45, 2.75) is 37.4 Å². The Morgan fingerprint density at radius 3 is 2.47 bits per heavy atom. The molecule has 1 saturated heterocycles. The van der Waals surface area contributed by atoms with Crippen molar-refractivity contribution in [2.24, 2.45) is 0 Å². The van der Waals surface area contributed by atoms with E-state index in [-0.39, 0.29) is 5.60 Å². The van der Waals surface area contributed by atoms with Crippen molar-refractivity contribution in [1.29, 1.82) is 0 Å². The number of methoxy groups -OCH3 is 2. The first-order chi connectivity index (χ1) is 15.5. The number of hydrogen-bond donors (Lipinski definition) is 1. The van der Waals surface area contributed by atoms with Crippen LogP contribution in [0.1, 0.15) is 36.5 Å². The largest absolute Gasteiger partial charge is 0.495 e. The number of hydrogen-bond acceptors (Lipinski definition) is 4. The first kappa shape index (κ1) is 23.1. The Hall–Kier alpha value is -2.11. The van der Waals surface area contributed by atoms with Gasteiger partial charge in [-0.05, 0) is 47.9 Å². The third-order valence-electron chi connectivity index (χ3n) is 6.84. The monoisotopic (exact) mass is 453 g/mol. The maximum atomic E-state index is 10.8. The maximum absolute atomic E-state index is 10.8. The van der Waals surface area contributed by atoms with Gasteiger partial charge in [-0.3, -0.25) is 0 Å². The molecule has 3 aromatic carbocycles. The van der Waals surface area contributed by atoms with Crippen molar-refractivity contribution >= 4 is 22.4 Å². The molecule has 1 aliphatic rings. The van der Waals surface area contributed by atoms with Crippen molar-refractivity contribution in [3.8, 4) is 5.75 Å². The molecule has 0 aromatic heterocycles. The molecule has 0 radical (unpaired) electrons. The highest BCUT2D eigenvalue weighted by Crippen LogP contribution is 2.34. The van der Waals surface area contributed by atoms with Crippen LogP contribution in [0.5, 0.6) is 5.75 Å². The zero-order valence-electron chi connectivity index (χ0n) is 18.9. The zero-order valence-corrected chi connectivity index (χ0v) is 19.6. The Morgan fingerprint density at radius 2 is 1.78 bits per heavy atom. The summed E-state index contributed by atoms with van der Waals surface area (Å²) >= 11 is 6.42. The molecule has 3 aromatic rings. The number of ether oxygens (including phenoxy) is 2. The van der Waals surface area contributed by atoms with E-state index in [2.05, 4.69) is 35.2 Å². The SMILES string of the molecule is COc1ccc2cc([C@@H](O)CCN3CCC(Cc4ccccc4)(OC)CC3)ccc2c1Cl. The van der Waals surface area contributed by atoms with Crippen LogP contribution in [0.2, 0.25) is 5.02 Å². The molecule has 4 rings (SSSR count). The van der Waals surface area contributed by atoms with Crippen LogP contribution in [0.4, 0.5) is 0 Å². The highest BCUT2D eigenvalue weighted by molar-refractivity contribution is 6.37. The van der Waals surface area contributed by atoms with E-state index in [1.165, 1.54) is 5.56 Å². The summed E-state index contributed by atoms with van der Waals surface area (Å²) in [6.45, 7) is 2.84. The van der Waals surface area contributed by atoms with Gasteiger partial charge in [0, 0.05) is 38.6 Å². The summed E-state index contributed by atoms with van der Waals surface area (Å²) in [5.74, 6) is 0.664. The Balaban J connectivity index is 1.33. The standard InChI is InChI=1S/C27H32ClNO3/c1-31-25-11-9-21-18-22(8-10-23(21)26(25)28)24(30)12-15-29-16-13-27(32-2,14-17-29)19-20-6-4-3-5-7-20/h3-11,18,24,30H,12-17,19H2,1-2H3/t24-/m0/s1. The fraction of sp³-hybridized carbons (Fsp3) is 0.407. The van der Waals surface area contributed by atoms with E-state index in [9.17, 15) is 5.11 Å². The highest BCUT2D eigenvalue weighted by atomic mass is 35.5. The molecule has 0 spiro atoms. The van der Waals surface area contributed by atoms with E-state index in [1.54, 1.807) is 7.11 Å². The van der Waals surface area contributed by atoms with Gasteiger partial charge in [-0.25, -0.2) is 0 Å². The Bertz CT molecular complexity index is 1030. The van der Waals surface area contributed by atoms with E-state index in [0.29, 0.717) is 17.2 Å². The number of fused-ring (bicyclic) bond motifs is 1. The van der Waals surface area contributed by atoms with Crippen LogP contribution in [-0.4, -0.2) is 49.5 Å². The molecule has 0 aliphatic carbocycles. The lowest BCUT2D eigenvalue weighted by atomic mass is 9.85. The number of benzene rings is 3. The maximum Gasteiger partial charge on any atom is 0.138 e. The van der Waals surface area contributed by atoms with Gasteiger partial charge in [-0.15, -0.1) is 0 Å². The lowest BCUT2D eigenvalue weighted by Gasteiger charge is -2.41. The molecule has 0 saturated carbocycles. The minimum atomic E-state index is -0.501. The van der Waals surface area contributed by atoms with Crippen LogP contribution >= 0.6 is 11.6 Å². The third kappa shape index (κ3) is 5.10. The quantitative estimate of drug-likeness (QED) is 0.478. The van der Waals surface area contributed by atoms with Crippen LogP contribution in [0.25, 0.3) is 10.8 Å². The van der Waals surface area contributed by atoms with Gasteiger partial charge in [0.15, 0.2) is 0 Å². The summed E-state index contributed by atoms with van der Waals surface area (Å²) in [6, 6.07) is 20.4. The smallest absolute Gasteiger partial charge is 0.138 e. The van der Waals surface area contributed by atoms with E-state index < -0.39 is 6.10 Å². The Morgan fingerprint density at radius 1 is 1.03 bits per heavy atom. The van der Waals surface area contributed by atoms with Crippen molar-refractivity contribution in [3.05, 3.63) is 76.8 Å². The molecule has 1 N–H and O–H groups in total. The van der Waals surface area contributed by atoms with Crippen LogP contribution in [0, 0.1) is 0 Å². The molecule has 32 heavy (non-hydrogen) atoms. The predicted molar refractivity (Wildman–Crippen MR) is 131 cm³/mol. The van der Waals surface area contributed by atoms with E-state index >= 15 is 0 Å². The number of nitrogens with zero attached hydrogens (tertiary/aromatic N) is 1. The van der Waals surface area contributed by atoms with Gasteiger partial charge < -0.3 is 19.5 Å². The van der Waals surface area contributed by atoms with E-state index in [4.69, 9.17) is 21.1 Å². The lowest BCUT2D eigenvalue weighted by molar-refractivity contribution is -0.0577. The van der Waals surface area contributed by atoms with Crippen LogP contribution in [0.15, 0.2) is 60.7 Å². The second-order valence-electron chi connectivity index (χ2n) is 8.76. The summed E-state index contributed by atoms with van der Waals surface area (Å²) in [5, 5.41) is 13.4. The number of aliphatic hydroxyl groups excluding tert-OH is 1. The van der Waals surface area contributed by atoms with Crippen LogP contribution in [-0.2, 0) is 11.2 Å². The summed E-state index contributed by atoms with van der Waals surface area (Å²) in [5.41, 5.74) is 2.16. The van der Waals surface area contributed by atoms with Gasteiger partial charge in [-0.2, -0.15) is 0 Å². The fourth-order valence-corrected chi connectivity index (χ4v) is 5.04. The predicted octanol–water partition coefficient (Wildman–Crippen LogP) is 5.65. The van der Waals surface area contributed by atoms with E-state index in [0.717, 1.165) is 55.2 Å². The molecule has 1 fully saturated rings. The van der Waals surface area contributed by atoms with E-state index in [1.807, 2.05) is 37.4 Å². The van der Waals surface area contributed by atoms with Gasteiger partial charge in [0.2, 0.25) is 0 Å². The Labute approximate surface area is 195 Å².